The molecular weight excluding hydrogens is 278 g/mol. The molecule has 0 aromatic heterocycles. The Hall–Kier alpha value is -1.88. The van der Waals surface area contributed by atoms with Crippen molar-refractivity contribution in [3.05, 3.63) is 35.4 Å². The molecule has 1 atom stereocenters. The van der Waals surface area contributed by atoms with E-state index in [9.17, 15) is 9.59 Å². The molecule has 3 N–H and O–H groups in total. The molecule has 1 saturated heterocycles. The number of benzene rings is 1. The average molecular weight is 303 g/mol. The highest BCUT2D eigenvalue weighted by Gasteiger charge is 2.26. The molecule has 1 fully saturated rings. The van der Waals surface area contributed by atoms with Crippen LogP contribution in [-0.4, -0.2) is 42.4 Å². The van der Waals surface area contributed by atoms with Crippen molar-refractivity contribution in [1.82, 2.24) is 10.2 Å². The lowest BCUT2D eigenvalue weighted by Gasteiger charge is -2.33. The van der Waals surface area contributed by atoms with Gasteiger partial charge in [0.15, 0.2) is 0 Å². The van der Waals surface area contributed by atoms with Crippen molar-refractivity contribution in [2.75, 3.05) is 19.6 Å². The van der Waals surface area contributed by atoms with Crippen LogP contribution in [0.5, 0.6) is 0 Å². The Kier molecular flexibility index (Phi) is 5.55. The first kappa shape index (κ1) is 16.5. The maximum Gasteiger partial charge on any atom is 0.251 e. The molecular formula is C17H25N3O2. The normalized spacial score (nSPS) is 17.1. The fourth-order valence-corrected chi connectivity index (χ4v) is 2.75. The predicted molar refractivity (Wildman–Crippen MR) is 86.5 cm³/mol. The van der Waals surface area contributed by atoms with Gasteiger partial charge in [-0.2, -0.15) is 0 Å². The van der Waals surface area contributed by atoms with E-state index in [-0.39, 0.29) is 23.8 Å². The Morgan fingerprint density at radius 1 is 1.32 bits per heavy atom. The van der Waals surface area contributed by atoms with Gasteiger partial charge in [-0.15, -0.1) is 0 Å². The van der Waals surface area contributed by atoms with Gasteiger partial charge in [0.05, 0.1) is 0 Å². The fraction of sp³-hybridized carbons (Fsp3) is 0.529. The second-order valence-corrected chi connectivity index (χ2v) is 6.02. The van der Waals surface area contributed by atoms with Crippen LogP contribution in [0.1, 0.15) is 35.7 Å². The van der Waals surface area contributed by atoms with Crippen molar-refractivity contribution in [2.24, 2.45) is 11.7 Å². The molecule has 0 bridgehead atoms. The van der Waals surface area contributed by atoms with E-state index in [1.54, 1.807) is 0 Å². The molecule has 1 aliphatic rings. The summed E-state index contributed by atoms with van der Waals surface area (Å²) >= 11 is 0. The fourth-order valence-electron chi connectivity index (χ4n) is 2.75. The summed E-state index contributed by atoms with van der Waals surface area (Å²) in [6, 6.07) is 7.70. The number of nitrogens with zero attached hydrogens (tertiary/aromatic N) is 1. The molecule has 1 aromatic carbocycles. The molecule has 1 aromatic rings. The Morgan fingerprint density at radius 3 is 2.55 bits per heavy atom. The molecule has 22 heavy (non-hydrogen) atoms. The zero-order chi connectivity index (χ0) is 16.1. The van der Waals surface area contributed by atoms with Gasteiger partial charge in [-0.1, -0.05) is 25.1 Å². The molecule has 2 rings (SSSR count). The molecule has 0 saturated carbocycles. The first-order valence-corrected chi connectivity index (χ1v) is 7.88. The average Bonchev–Trinajstić information content (AvgIpc) is 2.54. The number of aryl methyl sites for hydroxylation is 1. The number of nitrogens with two attached hydrogens (primary N) is 1. The largest absolute Gasteiger partial charge is 0.349 e. The number of rotatable bonds is 4. The van der Waals surface area contributed by atoms with E-state index < -0.39 is 0 Å². The molecule has 0 radical (unpaired) electrons. The Bertz CT molecular complexity index is 536. The highest BCUT2D eigenvalue weighted by Crippen LogP contribution is 2.14. The smallest absolute Gasteiger partial charge is 0.251 e. The van der Waals surface area contributed by atoms with Crippen LogP contribution < -0.4 is 11.1 Å². The van der Waals surface area contributed by atoms with E-state index in [4.69, 9.17) is 5.73 Å². The molecule has 120 valence electrons. The molecule has 1 heterocycles. The maximum absolute atomic E-state index is 12.3. The van der Waals surface area contributed by atoms with Crippen molar-refractivity contribution >= 4 is 11.8 Å². The summed E-state index contributed by atoms with van der Waals surface area (Å²) in [6.07, 6.45) is 1.58. The maximum atomic E-state index is 12.3. The van der Waals surface area contributed by atoms with E-state index >= 15 is 0 Å². The van der Waals surface area contributed by atoms with Gasteiger partial charge in [0.2, 0.25) is 5.91 Å². The summed E-state index contributed by atoms with van der Waals surface area (Å²) in [5, 5.41) is 3.08. The van der Waals surface area contributed by atoms with Crippen molar-refractivity contribution in [3.8, 4) is 0 Å². The monoisotopic (exact) mass is 303 g/mol. The van der Waals surface area contributed by atoms with E-state index in [1.165, 1.54) is 0 Å². The minimum absolute atomic E-state index is 0.0294. The molecule has 2 amide bonds. The van der Waals surface area contributed by atoms with Crippen molar-refractivity contribution in [1.29, 1.82) is 0 Å². The quantitative estimate of drug-likeness (QED) is 0.880. The third-order valence-electron chi connectivity index (χ3n) is 4.31. The van der Waals surface area contributed by atoms with Crippen molar-refractivity contribution < 1.29 is 9.59 Å². The number of likely N-dealkylation sites (tertiary alicyclic amines) is 1. The van der Waals surface area contributed by atoms with Crippen LogP contribution in [-0.2, 0) is 4.79 Å². The molecule has 1 aliphatic heterocycles. The minimum atomic E-state index is -0.127. The van der Waals surface area contributed by atoms with Gasteiger partial charge in [-0.05, 0) is 31.4 Å². The Balaban J connectivity index is 1.86. The van der Waals surface area contributed by atoms with Crippen LogP contribution in [0.15, 0.2) is 24.3 Å². The topological polar surface area (TPSA) is 75.4 Å². The van der Waals surface area contributed by atoms with Gasteiger partial charge in [-0.25, -0.2) is 0 Å². The number of hydrogen-bond donors (Lipinski definition) is 2. The Labute approximate surface area is 131 Å². The number of carbonyl (C=O) groups excluding carboxylic acids is 2. The standard InChI is InChI=1S/C17H25N3O2/c1-12-5-3-4-6-15(12)16(21)19-14-7-9-20(10-8-14)17(22)13(2)11-18/h3-6,13-14H,7-11,18H2,1-2H3,(H,19,21). The van der Waals surface area contributed by atoms with Crippen molar-refractivity contribution in [2.45, 2.75) is 32.7 Å². The molecule has 0 aliphatic carbocycles. The van der Waals surface area contributed by atoms with Crippen LogP contribution >= 0.6 is 0 Å². The SMILES string of the molecule is Cc1ccccc1C(=O)NC1CCN(C(=O)C(C)CN)CC1. The molecule has 0 spiro atoms. The van der Waals surface area contributed by atoms with E-state index in [1.807, 2.05) is 43.0 Å². The lowest BCUT2D eigenvalue weighted by Crippen LogP contribution is -2.48. The zero-order valence-electron chi connectivity index (χ0n) is 13.3. The summed E-state index contributed by atoms with van der Waals surface area (Å²) in [4.78, 5) is 26.2. The Morgan fingerprint density at radius 2 is 1.95 bits per heavy atom. The molecule has 1 unspecified atom stereocenters. The van der Waals surface area contributed by atoms with E-state index in [0.29, 0.717) is 19.6 Å². The summed E-state index contributed by atoms with van der Waals surface area (Å²) in [5.74, 6) is -0.0394. The zero-order valence-corrected chi connectivity index (χ0v) is 13.3. The van der Waals surface area contributed by atoms with E-state index in [2.05, 4.69) is 5.32 Å². The van der Waals surface area contributed by atoms with Gasteiger partial charge in [0.1, 0.15) is 0 Å². The number of nitrogens with one attached hydrogen (secondary N) is 1. The van der Waals surface area contributed by atoms with Gasteiger partial charge >= 0.3 is 0 Å². The summed E-state index contributed by atoms with van der Waals surface area (Å²) in [5.41, 5.74) is 7.24. The number of amides is 2. The minimum Gasteiger partial charge on any atom is -0.349 e. The third kappa shape index (κ3) is 3.85. The lowest BCUT2D eigenvalue weighted by atomic mass is 10.0. The lowest BCUT2D eigenvalue weighted by molar-refractivity contribution is -0.135. The van der Waals surface area contributed by atoms with Gasteiger partial charge in [-0.3, -0.25) is 9.59 Å². The van der Waals surface area contributed by atoms with Crippen LogP contribution in [0, 0.1) is 12.8 Å². The third-order valence-corrected chi connectivity index (χ3v) is 4.31. The second kappa shape index (κ2) is 7.40. The number of hydrogen-bond acceptors (Lipinski definition) is 3. The van der Waals surface area contributed by atoms with Crippen LogP contribution in [0.2, 0.25) is 0 Å². The number of carbonyl (C=O) groups is 2. The van der Waals surface area contributed by atoms with Crippen molar-refractivity contribution in [3.63, 3.8) is 0 Å². The second-order valence-electron chi connectivity index (χ2n) is 6.02. The summed E-state index contributed by atoms with van der Waals surface area (Å²) in [7, 11) is 0. The van der Waals surface area contributed by atoms with Crippen LogP contribution in [0.4, 0.5) is 0 Å². The highest BCUT2D eigenvalue weighted by molar-refractivity contribution is 5.95. The molecule has 5 nitrogen and oxygen atoms in total. The van der Waals surface area contributed by atoms with E-state index in [0.717, 1.165) is 24.0 Å². The number of piperidine rings is 1. The summed E-state index contributed by atoms with van der Waals surface area (Å²) < 4.78 is 0. The first-order valence-electron chi connectivity index (χ1n) is 7.88. The van der Waals surface area contributed by atoms with Crippen LogP contribution in [0.3, 0.4) is 0 Å². The van der Waals surface area contributed by atoms with Gasteiger partial charge in [0, 0.05) is 37.2 Å². The van der Waals surface area contributed by atoms with Gasteiger partial charge < -0.3 is 16.0 Å². The highest BCUT2D eigenvalue weighted by atomic mass is 16.2. The summed E-state index contributed by atoms with van der Waals surface area (Å²) in [6.45, 7) is 5.53. The predicted octanol–water partition coefficient (Wildman–Crippen LogP) is 1.31. The van der Waals surface area contributed by atoms with Crippen LogP contribution in [0.25, 0.3) is 0 Å². The van der Waals surface area contributed by atoms with Gasteiger partial charge in [0.25, 0.3) is 5.91 Å². The molecule has 5 heteroatoms. The first-order chi connectivity index (χ1) is 10.5.